The maximum Gasteiger partial charge on any atom is 0.277 e. The first-order valence-electron chi connectivity index (χ1n) is 6.36. The maximum absolute atomic E-state index is 12.2. The summed E-state index contributed by atoms with van der Waals surface area (Å²) >= 11 is 0. The van der Waals surface area contributed by atoms with Crippen molar-refractivity contribution in [3.8, 4) is 0 Å². The van der Waals surface area contributed by atoms with Gasteiger partial charge in [-0.25, -0.2) is 4.99 Å². The highest BCUT2D eigenvalue weighted by atomic mass is 16.2. The highest BCUT2D eigenvalue weighted by Crippen LogP contribution is 2.18. The third kappa shape index (κ3) is 2.67. The highest BCUT2D eigenvalue weighted by molar-refractivity contribution is 6.13. The van der Waals surface area contributed by atoms with Crippen molar-refractivity contribution in [1.82, 2.24) is 4.90 Å². The molecule has 18 heavy (non-hydrogen) atoms. The van der Waals surface area contributed by atoms with Crippen LogP contribution in [0.5, 0.6) is 0 Å². The first-order valence-corrected chi connectivity index (χ1v) is 6.36. The van der Waals surface area contributed by atoms with E-state index in [1.54, 1.807) is 4.90 Å². The van der Waals surface area contributed by atoms with Gasteiger partial charge in [-0.3, -0.25) is 9.69 Å². The van der Waals surface area contributed by atoms with Crippen LogP contribution in [0.25, 0.3) is 6.08 Å². The fraction of sp³-hybridized carbons (Fsp3) is 0.333. The van der Waals surface area contributed by atoms with Gasteiger partial charge in [-0.2, -0.15) is 0 Å². The lowest BCUT2D eigenvalue weighted by molar-refractivity contribution is -0.122. The van der Waals surface area contributed by atoms with Gasteiger partial charge < -0.3 is 0 Å². The lowest BCUT2D eigenvalue weighted by Crippen LogP contribution is -2.31. The molecular formula is C15H18N2O. The molecule has 0 N–H and O–H groups in total. The Labute approximate surface area is 108 Å². The fourth-order valence-corrected chi connectivity index (χ4v) is 1.95. The van der Waals surface area contributed by atoms with Gasteiger partial charge in [0.15, 0.2) is 0 Å². The Balaban J connectivity index is 2.18. The molecule has 1 amide bonds. The number of benzene rings is 1. The Morgan fingerprint density at radius 1 is 1.28 bits per heavy atom. The van der Waals surface area contributed by atoms with Crippen molar-refractivity contribution in [3.05, 3.63) is 41.6 Å². The average molecular weight is 242 g/mol. The molecule has 1 aliphatic rings. The molecule has 1 aliphatic heterocycles. The first-order chi connectivity index (χ1) is 8.72. The number of hydrogen-bond donors (Lipinski definition) is 0. The van der Waals surface area contributed by atoms with Crippen LogP contribution in [-0.4, -0.2) is 23.2 Å². The van der Waals surface area contributed by atoms with Crippen molar-refractivity contribution < 1.29 is 4.79 Å². The van der Waals surface area contributed by atoms with Gasteiger partial charge in [0.05, 0.1) is 0 Å². The van der Waals surface area contributed by atoms with Crippen molar-refractivity contribution in [3.63, 3.8) is 0 Å². The number of nitrogens with zero attached hydrogens (tertiary/aromatic N) is 2. The Morgan fingerprint density at radius 3 is 2.67 bits per heavy atom. The van der Waals surface area contributed by atoms with Gasteiger partial charge in [0.2, 0.25) is 0 Å². The number of unbranched alkanes of at least 4 members (excludes halogenated alkanes) is 1. The molecule has 0 aromatic heterocycles. The van der Waals surface area contributed by atoms with Gasteiger partial charge in [-0.15, -0.1) is 0 Å². The number of carbonyl (C=O) groups is 1. The van der Waals surface area contributed by atoms with E-state index in [4.69, 9.17) is 0 Å². The molecule has 0 spiro atoms. The molecule has 94 valence electrons. The van der Waals surface area contributed by atoms with Crippen LogP contribution < -0.4 is 0 Å². The Bertz CT molecular complexity index is 488. The van der Waals surface area contributed by atoms with E-state index < -0.39 is 0 Å². The molecule has 1 aromatic carbocycles. The minimum atomic E-state index is 0.0183. The molecule has 0 saturated carbocycles. The van der Waals surface area contributed by atoms with Crippen LogP contribution in [0.4, 0.5) is 0 Å². The van der Waals surface area contributed by atoms with Crippen molar-refractivity contribution in [2.24, 2.45) is 4.99 Å². The third-order valence-electron chi connectivity index (χ3n) is 2.98. The van der Waals surface area contributed by atoms with E-state index in [1.807, 2.05) is 43.3 Å². The van der Waals surface area contributed by atoms with Crippen LogP contribution in [0.1, 0.15) is 32.3 Å². The second-order valence-corrected chi connectivity index (χ2v) is 4.41. The van der Waals surface area contributed by atoms with E-state index in [9.17, 15) is 4.79 Å². The van der Waals surface area contributed by atoms with Crippen LogP contribution in [0, 0.1) is 0 Å². The van der Waals surface area contributed by atoms with Gasteiger partial charge in [-0.05, 0) is 25.0 Å². The molecule has 0 aliphatic carbocycles. The van der Waals surface area contributed by atoms with Crippen LogP contribution in [0.3, 0.4) is 0 Å². The standard InChI is InChI=1S/C15H18N2O/c1-3-4-10-17-12(2)16-14(15(17)18)11-13-8-6-5-7-9-13/h5-9,11H,3-4,10H2,1-2H3/b14-11-. The number of hydrogen-bond acceptors (Lipinski definition) is 2. The van der Waals surface area contributed by atoms with Crippen molar-refractivity contribution >= 4 is 17.8 Å². The summed E-state index contributed by atoms with van der Waals surface area (Å²) in [7, 11) is 0. The van der Waals surface area contributed by atoms with E-state index in [0.29, 0.717) is 5.70 Å². The number of amidine groups is 1. The Morgan fingerprint density at radius 2 is 2.00 bits per heavy atom. The largest absolute Gasteiger partial charge is 0.295 e. The lowest BCUT2D eigenvalue weighted by atomic mass is 10.2. The molecule has 3 heteroatoms. The number of aliphatic imine (C=N–C) groups is 1. The third-order valence-corrected chi connectivity index (χ3v) is 2.98. The summed E-state index contributed by atoms with van der Waals surface area (Å²) in [5.41, 5.74) is 1.55. The van der Waals surface area contributed by atoms with E-state index in [1.165, 1.54) is 0 Å². The zero-order valence-corrected chi connectivity index (χ0v) is 10.9. The predicted octanol–water partition coefficient (Wildman–Crippen LogP) is 3.09. The molecule has 0 atom stereocenters. The van der Waals surface area contributed by atoms with Gasteiger partial charge in [0.1, 0.15) is 11.5 Å². The highest BCUT2D eigenvalue weighted by Gasteiger charge is 2.26. The molecule has 2 rings (SSSR count). The summed E-state index contributed by atoms with van der Waals surface area (Å²) in [6.07, 6.45) is 3.93. The smallest absolute Gasteiger partial charge is 0.277 e. The van der Waals surface area contributed by atoms with Crippen molar-refractivity contribution in [2.45, 2.75) is 26.7 Å². The van der Waals surface area contributed by atoms with Crippen LogP contribution in [0.2, 0.25) is 0 Å². The Kier molecular flexibility index (Phi) is 3.92. The second-order valence-electron chi connectivity index (χ2n) is 4.41. The summed E-state index contributed by atoms with van der Waals surface area (Å²) in [4.78, 5) is 18.3. The van der Waals surface area contributed by atoms with E-state index in [2.05, 4.69) is 11.9 Å². The zero-order valence-electron chi connectivity index (χ0n) is 10.9. The molecule has 0 bridgehead atoms. The Hall–Kier alpha value is -1.90. The predicted molar refractivity (Wildman–Crippen MR) is 74.1 cm³/mol. The van der Waals surface area contributed by atoms with Gasteiger partial charge in [-0.1, -0.05) is 43.7 Å². The van der Waals surface area contributed by atoms with Crippen LogP contribution >= 0.6 is 0 Å². The first kappa shape index (κ1) is 12.6. The minimum absolute atomic E-state index is 0.0183. The van der Waals surface area contributed by atoms with Crippen molar-refractivity contribution in [1.29, 1.82) is 0 Å². The fourth-order valence-electron chi connectivity index (χ4n) is 1.95. The minimum Gasteiger partial charge on any atom is -0.295 e. The molecular weight excluding hydrogens is 224 g/mol. The zero-order chi connectivity index (χ0) is 13.0. The summed E-state index contributed by atoms with van der Waals surface area (Å²) in [5, 5.41) is 0. The molecule has 0 radical (unpaired) electrons. The van der Waals surface area contributed by atoms with Crippen LogP contribution in [-0.2, 0) is 4.79 Å². The number of amides is 1. The van der Waals surface area contributed by atoms with Crippen molar-refractivity contribution in [2.75, 3.05) is 6.54 Å². The summed E-state index contributed by atoms with van der Waals surface area (Å²) in [5.74, 6) is 0.820. The normalized spacial score (nSPS) is 17.4. The van der Waals surface area contributed by atoms with E-state index in [-0.39, 0.29) is 5.91 Å². The SMILES string of the molecule is CCCCN1C(=O)/C(=C/c2ccccc2)N=C1C. The summed E-state index contributed by atoms with van der Waals surface area (Å²) < 4.78 is 0. The van der Waals surface area contributed by atoms with Gasteiger partial charge in [0, 0.05) is 6.54 Å². The molecule has 0 fully saturated rings. The molecule has 1 heterocycles. The van der Waals surface area contributed by atoms with E-state index >= 15 is 0 Å². The molecule has 0 saturated heterocycles. The quantitative estimate of drug-likeness (QED) is 0.747. The van der Waals surface area contributed by atoms with Gasteiger partial charge >= 0.3 is 0 Å². The monoisotopic (exact) mass is 242 g/mol. The summed E-state index contributed by atoms with van der Waals surface area (Å²) in [6.45, 7) is 4.77. The second kappa shape index (κ2) is 5.63. The van der Waals surface area contributed by atoms with Crippen LogP contribution in [0.15, 0.2) is 41.0 Å². The van der Waals surface area contributed by atoms with Gasteiger partial charge in [0.25, 0.3) is 5.91 Å². The number of rotatable bonds is 4. The summed E-state index contributed by atoms with van der Waals surface area (Å²) in [6, 6.07) is 9.81. The average Bonchev–Trinajstić information content (AvgIpc) is 2.64. The molecule has 3 nitrogen and oxygen atoms in total. The topological polar surface area (TPSA) is 32.7 Å². The maximum atomic E-state index is 12.2. The number of carbonyl (C=O) groups excluding carboxylic acids is 1. The lowest BCUT2D eigenvalue weighted by Gasteiger charge is -2.14. The molecule has 1 aromatic rings. The molecule has 0 unspecified atom stereocenters. The van der Waals surface area contributed by atoms with E-state index in [0.717, 1.165) is 30.8 Å².